The Morgan fingerprint density at radius 2 is 1.67 bits per heavy atom. The summed E-state index contributed by atoms with van der Waals surface area (Å²) in [5.41, 5.74) is 2.45. The largest absolute Gasteiger partial charge is 0.342 e. The SMILES string of the molecule is CC(=O)N[C@@H](I)c1cc(C)c(F)cc1C1CCN(C(=O)C2CN(C(C)(C)C)CC2c2ccc(F)cc2F)CC1. The van der Waals surface area contributed by atoms with E-state index in [1.165, 1.54) is 19.1 Å². The minimum Gasteiger partial charge on any atom is -0.342 e. The molecule has 2 unspecified atom stereocenters. The number of halogens is 4. The second-order valence-electron chi connectivity index (χ2n) is 11.8. The minimum atomic E-state index is -0.633. The van der Waals surface area contributed by atoms with Gasteiger partial charge in [-0.1, -0.05) is 34.7 Å². The van der Waals surface area contributed by atoms with E-state index in [0.717, 1.165) is 17.2 Å². The van der Waals surface area contributed by atoms with Crippen molar-refractivity contribution in [2.75, 3.05) is 26.2 Å². The van der Waals surface area contributed by atoms with E-state index in [4.69, 9.17) is 0 Å². The zero-order valence-electron chi connectivity index (χ0n) is 23.2. The number of likely N-dealkylation sites (tertiary alicyclic amines) is 2. The third-order valence-corrected chi connectivity index (χ3v) is 9.14. The van der Waals surface area contributed by atoms with E-state index in [0.29, 0.717) is 50.1 Å². The maximum absolute atomic E-state index is 14.8. The van der Waals surface area contributed by atoms with Crippen molar-refractivity contribution in [1.82, 2.24) is 15.1 Å². The molecular weight excluding hydrogens is 618 g/mol. The van der Waals surface area contributed by atoms with Crippen molar-refractivity contribution in [3.05, 3.63) is 70.0 Å². The Hall–Kier alpha value is -2.14. The number of benzene rings is 2. The van der Waals surface area contributed by atoms with Crippen LogP contribution >= 0.6 is 22.6 Å². The van der Waals surface area contributed by atoms with Gasteiger partial charge in [-0.15, -0.1) is 0 Å². The number of carbonyl (C=O) groups excluding carboxylic acids is 2. The molecule has 3 atom stereocenters. The number of aryl methyl sites for hydroxylation is 1. The van der Waals surface area contributed by atoms with Gasteiger partial charge in [0.25, 0.3) is 0 Å². The van der Waals surface area contributed by atoms with Crippen molar-refractivity contribution < 1.29 is 22.8 Å². The summed E-state index contributed by atoms with van der Waals surface area (Å²) >= 11 is 2.16. The van der Waals surface area contributed by atoms with Crippen LogP contribution in [0.2, 0.25) is 0 Å². The number of nitrogens with one attached hydrogen (secondary N) is 1. The Labute approximate surface area is 242 Å². The molecule has 0 aliphatic carbocycles. The van der Waals surface area contributed by atoms with E-state index in [1.807, 2.05) is 4.90 Å². The normalized spacial score (nSPS) is 21.7. The molecule has 2 amide bonds. The number of hydrogen-bond acceptors (Lipinski definition) is 3. The van der Waals surface area contributed by atoms with Crippen molar-refractivity contribution in [2.24, 2.45) is 5.92 Å². The lowest BCUT2D eigenvalue weighted by atomic mass is 9.84. The van der Waals surface area contributed by atoms with Gasteiger partial charge < -0.3 is 10.2 Å². The fourth-order valence-corrected chi connectivity index (χ4v) is 6.89. The Kier molecular flexibility index (Phi) is 9.00. The van der Waals surface area contributed by atoms with Gasteiger partial charge in [-0.2, -0.15) is 0 Å². The lowest BCUT2D eigenvalue weighted by molar-refractivity contribution is -0.136. The fourth-order valence-electron chi connectivity index (χ4n) is 5.91. The van der Waals surface area contributed by atoms with Crippen LogP contribution in [0, 0.1) is 30.3 Å². The van der Waals surface area contributed by atoms with Crippen molar-refractivity contribution >= 4 is 34.4 Å². The predicted octanol–water partition coefficient (Wildman–Crippen LogP) is 6.20. The molecule has 0 bridgehead atoms. The molecule has 0 aromatic heterocycles. The summed E-state index contributed by atoms with van der Waals surface area (Å²) in [6.45, 7) is 11.4. The molecule has 39 heavy (non-hydrogen) atoms. The summed E-state index contributed by atoms with van der Waals surface area (Å²) < 4.78 is 42.8. The van der Waals surface area contributed by atoms with Crippen LogP contribution in [0.5, 0.6) is 0 Å². The summed E-state index contributed by atoms with van der Waals surface area (Å²) in [6.07, 6.45) is 1.33. The number of nitrogens with zero attached hydrogens (tertiary/aromatic N) is 2. The van der Waals surface area contributed by atoms with Crippen LogP contribution in [-0.2, 0) is 9.59 Å². The molecule has 2 aromatic rings. The second-order valence-corrected chi connectivity index (χ2v) is 13.1. The minimum absolute atomic E-state index is 0.0192. The maximum atomic E-state index is 14.8. The molecule has 2 fully saturated rings. The molecule has 1 N–H and O–H groups in total. The number of amides is 2. The third kappa shape index (κ3) is 6.61. The van der Waals surface area contributed by atoms with Gasteiger partial charge in [0.2, 0.25) is 11.8 Å². The second kappa shape index (κ2) is 11.8. The molecular formula is C30H37F3IN3O2. The van der Waals surface area contributed by atoms with Crippen molar-refractivity contribution in [2.45, 2.75) is 68.9 Å². The van der Waals surface area contributed by atoms with Gasteiger partial charge in [-0.05, 0) is 80.8 Å². The van der Waals surface area contributed by atoms with E-state index in [9.17, 15) is 22.8 Å². The average Bonchev–Trinajstić information content (AvgIpc) is 3.30. The van der Waals surface area contributed by atoms with Gasteiger partial charge in [-0.25, -0.2) is 13.2 Å². The lowest BCUT2D eigenvalue weighted by Crippen LogP contribution is -2.44. The highest BCUT2D eigenvalue weighted by molar-refractivity contribution is 14.1. The van der Waals surface area contributed by atoms with Crippen LogP contribution in [0.4, 0.5) is 13.2 Å². The molecule has 0 spiro atoms. The molecule has 0 radical (unpaired) electrons. The monoisotopic (exact) mass is 655 g/mol. The van der Waals surface area contributed by atoms with Crippen LogP contribution in [-0.4, -0.2) is 53.3 Å². The molecule has 0 saturated carbocycles. The topological polar surface area (TPSA) is 52.7 Å². The number of alkyl halides is 1. The van der Waals surface area contributed by atoms with Gasteiger partial charge in [-0.3, -0.25) is 14.5 Å². The van der Waals surface area contributed by atoms with E-state index >= 15 is 0 Å². The fraction of sp³-hybridized carbons (Fsp3) is 0.533. The Morgan fingerprint density at radius 1 is 1.00 bits per heavy atom. The Bertz CT molecular complexity index is 1240. The molecule has 9 heteroatoms. The smallest absolute Gasteiger partial charge is 0.227 e. The van der Waals surface area contributed by atoms with Gasteiger partial charge in [0, 0.05) is 50.6 Å². The lowest BCUT2D eigenvalue weighted by Gasteiger charge is -2.36. The van der Waals surface area contributed by atoms with E-state index in [1.54, 1.807) is 19.1 Å². The molecule has 2 aromatic carbocycles. The average molecular weight is 656 g/mol. The van der Waals surface area contributed by atoms with E-state index in [2.05, 4.69) is 53.6 Å². The molecule has 212 valence electrons. The molecule has 2 aliphatic heterocycles. The van der Waals surface area contributed by atoms with Gasteiger partial charge in [0.1, 0.15) is 21.5 Å². The van der Waals surface area contributed by atoms with E-state index in [-0.39, 0.29) is 39.1 Å². The number of hydrogen-bond donors (Lipinski definition) is 1. The quantitative estimate of drug-likeness (QED) is 0.237. The summed E-state index contributed by atoms with van der Waals surface area (Å²) in [5, 5.41) is 2.90. The van der Waals surface area contributed by atoms with Crippen LogP contribution in [0.3, 0.4) is 0 Å². The van der Waals surface area contributed by atoms with Crippen LogP contribution in [0.15, 0.2) is 30.3 Å². The molecule has 2 aliphatic rings. The van der Waals surface area contributed by atoms with Crippen LogP contribution in [0.25, 0.3) is 0 Å². The zero-order chi connectivity index (χ0) is 28.6. The van der Waals surface area contributed by atoms with Crippen molar-refractivity contribution in [1.29, 1.82) is 0 Å². The predicted molar refractivity (Wildman–Crippen MR) is 154 cm³/mol. The van der Waals surface area contributed by atoms with Crippen LogP contribution < -0.4 is 5.32 Å². The number of piperidine rings is 1. The summed E-state index contributed by atoms with van der Waals surface area (Å²) in [6, 6.07) is 6.99. The molecule has 2 heterocycles. The summed E-state index contributed by atoms with van der Waals surface area (Å²) in [7, 11) is 0. The Morgan fingerprint density at radius 3 is 2.26 bits per heavy atom. The van der Waals surface area contributed by atoms with Gasteiger partial charge >= 0.3 is 0 Å². The Balaban J connectivity index is 1.53. The molecule has 5 nitrogen and oxygen atoms in total. The highest BCUT2D eigenvalue weighted by Gasteiger charge is 2.44. The van der Waals surface area contributed by atoms with Crippen molar-refractivity contribution in [3.8, 4) is 0 Å². The van der Waals surface area contributed by atoms with Gasteiger partial charge in [0.15, 0.2) is 0 Å². The first-order valence-electron chi connectivity index (χ1n) is 13.5. The summed E-state index contributed by atoms with van der Waals surface area (Å²) in [5.74, 6) is -2.47. The standard InChI is InChI=1S/C30H37F3IN3O2/c1-17-12-23(28(34)35-18(2)38)22(14-26(17)32)19-8-10-36(11-9-19)29(39)25-16-37(30(3,4)5)15-24(25)21-7-6-20(31)13-27(21)33/h6-7,12-14,19,24-25,28H,8-11,15-16H2,1-5H3,(H,35,38)/t24?,25?,28-/m1/s1. The number of rotatable bonds is 5. The highest BCUT2D eigenvalue weighted by atomic mass is 127. The first-order chi connectivity index (χ1) is 18.3. The molecule has 2 saturated heterocycles. The zero-order valence-corrected chi connectivity index (χ0v) is 25.3. The van der Waals surface area contributed by atoms with Gasteiger partial charge in [0.05, 0.1) is 5.92 Å². The van der Waals surface area contributed by atoms with Crippen LogP contribution in [0.1, 0.15) is 78.7 Å². The first kappa shape index (κ1) is 29.8. The van der Waals surface area contributed by atoms with Crippen molar-refractivity contribution in [3.63, 3.8) is 0 Å². The molecule has 4 rings (SSSR count). The number of carbonyl (C=O) groups is 2. The van der Waals surface area contributed by atoms with E-state index < -0.39 is 17.6 Å². The highest BCUT2D eigenvalue weighted by Crippen LogP contribution is 2.41. The first-order valence-corrected chi connectivity index (χ1v) is 14.7. The summed E-state index contributed by atoms with van der Waals surface area (Å²) in [4.78, 5) is 29.6. The third-order valence-electron chi connectivity index (χ3n) is 8.16. The maximum Gasteiger partial charge on any atom is 0.227 e.